The average molecular weight is 549 g/mol. The third-order valence-electron chi connectivity index (χ3n) is 6.55. The van der Waals surface area contributed by atoms with Crippen LogP contribution in [0.1, 0.15) is 50.2 Å². The van der Waals surface area contributed by atoms with E-state index in [1.54, 1.807) is 10.6 Å². The molecule has 1 aliphatic rings. The van der Waals surface area contributed by atoms with E-state index in [1.807, 2.05) is 61.7 Å². The molecule has 6 nitrogen and oxygen atoms in total. The zero-order chi connectivity index (χ0) is 27.0. The Morgan fingerprint density at radius 1 is 0.974 bits per heavy atom. The molecule has 1 aliphatic carbocycles. The lowest BCUT2D eigenvalue weighted by Crippen LogP contribution is -2.35. The number of nitrogens with zero attached hydrogens (tertiary/aromatic N) is 2. The quantitative estimate of drug-likeness (QED) is 0.243. The van der Waals surface area contributed by atoms with Crippen LogP contribution in [0.2, 0.25) is 5.02 Å². The van der Waals surface area contributed by atoms with Crippen molar-refractivity contribution in [2.24, 2.45) is 5.41 Å². The van der Waals surface area contributed by atoms with Crippen LogP contribution in [0, 0.1) is 5.41 Å². The number of carbonyl (C=O) groups excluding carboxylic acids is 1. The lowest BCUT2D eigenvalue weighted by Gasteiger charge is -2.32. The number of ketones is 1. The number of fused-ring (bicyclic) bond motifs is 1. The first-order chi connectivity index (χ1) is 18.2. The molecule has 5 rings (SSSR count). The minimum absolute atomic E-state index is 0.0136. The maximum Gasteiger partial charge on any atom is 0.265 e. The number of aromatic nitrogens is 2. The molecule has 0 amide bonds. The Balaban J connectivity index is 1.76. The molecule has 0 unspecified atom stereocenters. The van der Waals surface area contributed by atoms with Gasteiger partial charge in [-0.1, -0.05) is 37.6 Å². The van der Waals surface area contributed by atoms with Crippen molar-refractivity contribution < 1.29 is 14.3 Å². The first-order valence-electron chi connectivity index (χ1n) is 12.6. The van der Waals surface area contributed by atoms with Crippen molar-refractivity contribution >= 4 is 28.7 Å². The summed E-state index contributed by atoms with van der Waals surface area (Å²) in [6.07, 6.45) is 0.977. The molecule has 4 aromatic rings. The van der Waals surface area contributed by atoms with E-state index in [1.165, 1.54) is 11.3 Å². The maximum atomic E-state index is 14.3. The van der Waals surface area contributed by atoms with Crippen molar-refractivity contribution in [3.63, 3.8) is 0 Å². The van der Waals surface area contributed by atoms with Crippen molar-refractivity contribution in [3.8, 4) is 39.0 Å². The van der Waals surface area contributed by atoms with Gasteiger partial charge in [-0.15, -0.1) is 11.3 Å². The Labute approximate surface area is 230 Å². The van der Waals surface area contributed by atoms with Crippen LogP contribution >= 0.6 is 22.9 Å². The summed E-state index contributed by atoms with van der Waals surface area (Å²) < 4.78 is 13.3. The molecular formula is C30H29ClN2O4S. The summed E-state index contributed by atoms with van der Waals surface area (Å²) in [5.74, 6) is 1.19. The molecule has 0 aliphatic heterocycles. The first kappa shape index (κ1) is 26.2. The van der Waals surface area contributed by atoms with E-state index in [9.17, 15) is 9.59 Å². The molecule has 0 radical (unpaired) electrons. The number of ether oxygens (including phenoxy) is 2. The van der Waals surface area contributed by atoms with E-state index in [2.05, 4.69) is 13.8 Å². The van der Waals surface area contributed by atoms with E-state index < -0.39 is 0 Å². The highest BCUT2D eigenvalue weighted by atomic mass is 35.5. The molecular weight excluding hydrogens is 520 g/mol. The predicted molar refractivity (Wildman–Crippen MR) is 152 cm³/mol. The Hall–Kier alpha value is -3.42. The van der Waals surface area contributed by atoms with Crippen LogP contribution in [0.15, 0.2) is 58.7 Å². The van der Waals surface area contributed by atoms with Crippen LogP contribution in [0.4, 0.5) is 0 Å². The normalized spacial score (nSPS) is 14.3. The van der Waals surface area contributed by atoms with E-state index >= 15 is 0 Å². The number of hydrogen-bond donors (Lipinski definition) is 0. The third-order valence-corrected chi connectivity index (χ3v) is 7.67. The van der Waals surface area contributed by atoms with Gasteiger partial charge in [-0.25, -0.2) is 4.98 Å². The second-order valence-electron chi connectivity index (χ2n) is 10.0. The van der Waals surface area contributed by atoms with Gasteiger partial charge in [-0.2, -0.15) is 0 Å². The molecule has 0 fully saturated rings. The van der Waals surface area contributed by atoms with Gasteiger partial charge in [0.2, 0.25) is 0 Å². The van der Waals surface area contributed by atoms with Crippen LogP contribution < -0.4 is 15.0 Å². The van der Waals surface area contributed by atoms with Gasteiger partial charge in [-0.3, -0.25) is 14.2 Å². The molecule has 0 N–H and O–H groups in total. The summed E-state index contributed by atoms with van der Waals surface area (Å²) in [6, 6.07) is 14.6. The predicted octanol–water partition coefficient (Wildman–Crippen LogP) is 7.23. The molecule has 196 valence electrons. The van der Waals surface area contributed by atoms with Gasteiger partial charge in [0.15, 0.2) is 5.78 Å². The van der Waals surface area contributed by atoms with Crippen molar-refractivity contribution in [1.29, 1.82) is 0 Å². The summed E-state index contributed by atoms with van der Waals surface area (Å²) in [7, 11) is 0. The second-order valence-corrected chi connectivity index (χ2v) is 11.3. The Kier molecular flexibility index (Phi) is 7.16. The van der Waals surface area contributed by atoms with Gasteiger partial charge in [-0.05, 0) is 56.0 Å². The molecule has 0 atom stereocenters. The summed E-state index contributed by atoms with van der Waals surface area (Å²) >= 11 is 7.42. The molecule has 8 heteroatoms. The highest BCUT2D eigenvalue weighted by Crippen LogP contribution is 2.39. The van der Waals surface area contributed by atoms with E-state index in [0.717, 1.165) is 11.3 Å². The molecule has 2 aromatic carbocycles. The van der Waals surface area contributed by atoms with Gasteiger partial charge >= 0.3 is 0 Å². The zero-order valence-corrected chi connectivity index (χ0v) is 23.4. The standard InChI is InChI=1S/C30H29ClN2O4S/c1-5-36-20-11-12-27(37-6-2)24(13-20)33-25-15-30(3,4)16-26(34)21(25)14-22(29(33)35)28-32-23(17-38-28)18-7-9-19(31)10-8-18/h7-14,17H,5-6,15-16H2,1-4H3. The average Bonchev–Trinajstić information content (AvgIpc) is 3.35. The number of benzene rings is 2. The highest BCUT2D eigenvalue weighted by Gasteiger charge is 2.35. The van der Waals surface area contributed by atoms with Gasteiger partial charge in [0, 0.05) is 39.7 Å². The number of hydrogen-bond acceptors (Lipinski definition) is 6. The van der Waals surface area contributed by atoms with Crippen LogP contribution in [-0.2, 0) is 6.42 Å². The molecule has 0 saturated heterocycles. The van der Waals surface area contributed by atoms with Crippen LogP contribution in [-0.4, -0.2) is 28.5 Å². The number of pyridine rings is 1. The fourth-order valence-electron chi connectivity index (χ4n) is 4.88. The molecule has 2 aromatic heterocycles. The lowest BCUT2D eigenvalue weighted by molar-refractivity contribution is 0.0909. The molecule has 38 heavy (non-hydrogen) atoms. The van der Waals surface area contributed by atoms with Crippen LogP contribution in [0.3, 0.4) is 0 Å². The summed E-state index contributed by atoms with van der Waals surface area (Å²) in [6.45, 7) is 8.82. The Bertz CT molecular complexity index is 1570. The van der Waals surface area contributed by atoms with Crippen molar-refractivity contribution in [2.45, 2.75) is 40.5 Å². The fourth-order valence-corrected chi connectivity index (χ4v) is 5.84. The third kappa shape index (κ3) is 5.00. The van der Waals surface area contributed by atoms with Crippen molar-refractivity contribution in [1.82, 2.24) is 9.55 Å². The van der Waals surface area contributed by atoms with E-state index in [4.69, 9.17) is 26.1 Å². The van der Waals surface area contributed by atoms with Gasteiger partial charge in [0.25, 0.3) is 5.56 Å². The summed E-state index contributed by atoms with van der Waals surface area (Å²) in [4.78, 5) is 32.5. The van der Waals surface area contributed by atoms with Gasteiger partial charge in [0.05, 0.1) is 30.2 Å². The Morgan fingerprint density at radius 3 is 2.42 bits per heavy atom. The summed E-state index contributed by atoms with van der Waals surface area (Å²) in [5, 5.41) is 3.10. The molecule has 2 heterocycles. The number of carbonyl (C=O) groups is 1. The first-order valence-corrected chi connectivity index (χ1v) is 13.9. The maximum absolute atomic E-state index is 14.3. The topological polar surface area (TPSA) is 70.4 Å². The minimum Gasteiger partial charge on any atom is -0.494 e. The van der Waals surface area contributed by atoms with Crippen LogP contribution in [0.25, 0.3) is 27.5 Å². The lowest BCUT2D eigenvalue weighted by atomic mass is 9.75. The molecule has 0 spiro atoms. The number of thiazole rings is 1. The smallest absolute Gasteiger partial charge is 0.265 e. The minimum atomic E-state index is -0.286. The number of Topliss-reactive ketones (excluding diaryl/α,β-unsaturated/α-hetero) is 1. The van der Waals surface area contributed by atoms with Gasteiger partial charge < -0.3 is 9.47 Å². The molecule has 0 bridgehead atoms. The van der Waals surface area contributed by atoms with Crippen molar-refractivity contribution in [2.75, 3.05) is 13.2 Å². The highest BCUT2D eigenvalue weighted by molar-refractivity contribution is 7.13. The van der Waals surface area contributed by atoms with Crippen LogP contribution in [0.5, 0.6) is 11.5 Å². The largest absolute Gasteiger partial charge is 0.494 e. The van der Waals surface area contributed by atoms with Crippen molar-refractivity contribution in [3.05, 3.63) is 80.5 Å². The summed E-state index contributed by atoms with van der Waals surface area (Å²) in [5.41, 5.74) is 3.28. The second kappa shape index (κ2) is 10.4. The van der Waals surface area contributed by atoms with E-state index in [0.29, 0.717) is 70.1 Å². The number of rotatable bonds is 7. The van der Waals surface area contributed by atoms with Gasteiger partial charge in [0.1, 0.15) is 16.5 Å². The number of halogens is 1. The zero-order valence-electron chi connectivity index (χ0n) is 21.8. The SMILES string of the molecule is CCOc1ccc(OCC)c(-n2c3c(cc(-c4nc(-c5ccc(Cl)cc5)cs4)c2=O)C(=O)CC(C)(C)C3)c1. The van der Waals surface area contributed by atoms with E-state index in [-0.39, 0.29) is 16.8 Å². The monoisotopic (exact) mass is 548 g/mol. The molecule has 0 saturated carbocycles. The Morgan fingerprint density at radius 2 is 1.71 bits per heavy atom. The fraction of sp³-hybridized carbons (Fsp3) is 0.300.